The number of nitrogens with zero attached hydrogens (tertiary/aromatic N) is 3. The first kappa shape index (κ1) is 22.1. The summed E-state index contributed by atoms with van der Waals surface area (Å²) < 4.78 is 35.9. The molecule has 9 nitrogen and oxygen atoms in total. The van der Waals surface area contributed by atoms with Crippen LogP contribution in [0.1, 0.15) is 29.6 Å². The second kappa shape index (κ2) is 8.44. The standard InChI is InChI=1S/C22H26N4O5S/c1-24-18-9-7-15(13-19(18)25(2)22(24)28)23-21(27)17-14-16(8-10-20(17)31-3)32(29,30)26-11-5-4-6-12-26/h7-10,13-14H,4-6,11-12H2,1-3H3,(H,23,27). The summed E-state index contributed by atoms with van der Waals surface area (Å²) in [5.74, 6) is -0.230. The molecule has 0 bridgehead atoms. The molecule has 0 atom stereocenters. The number of anilines is 1. The molecule has 1 fully saturated rings. The van der Waals surface area contributed by atoms with Gasteiger partial charge in [0.15, 0.2) is 0 Å². The van der Waals surface area contributed by atoms with Crippen LogP contribution in [-0.4, -0.2) is 48.0 Å². The number of ether oxygens (including phenoxy) is 1. The van der Waals surface area contributed by atoms with Crippen LogP contribution in [0.2, 0.25) is 0 Å². The summed E-state index contributed by atoms with van der Waals surface area (Å²) in [5.41, 5.74) is 1.84. The third kappa shape index (κ3) is 3.80. The van der Waals surface area contributed by atoms with E-state index >= 15 is 0 Å². The van der Waals surface area contributed by atoms with Gasteiger partial charge in [-0.05, 0) is 49.2 Å². The van der Waals surface area contributed by atoms with Crippen molar-refractivity contribution in [2.75, 3.05) is 25.5 Å². The molecule has 32 heavy (non-hydrogen) atoms. The smallest absolute Gasteiger partial charge is 0.328 e. The molecule has 1 aromatic heterocycles. The van der Waals surface area contributed by atoms with Gasteiger partial charge in [0.25, 0.3) is 5.91 Å². The third-order valence-corrected chi connectivity index (χ3v) is 7.79. The summed E-state index contributed by atoms with van der Waals surface area (Å²) in [4.78, 5) is 25.3. The minimum atomic E-state index is -3.70. The number of aryl methyl sites for hydroxylation is 2. The molecule has 0 spiro atoms. The molecule has 0 unspecified atom stereocenters. The molecular formula is C22H26N4O5S. The molecular weight excluding hydrogens is 432 g/mol. The van der Waals surface area contributed by atoms with Crippen LogP contribution in [0.3, 0.4) is 0 Å². The highest BCUT2D eigenvalue weighted by molar-refractivity contribution is 7.89. The van der Waals surface area contributed by atoms with Gasteiger partial charge in [0, 0.05) is 32.9 Å². The van der Waals surface area contributed by atoms with Gasteiger partial charge in [-0.2, -0.15) is 4.31 Å². The number of piperidine rings is 1. The number of aromatic nitrogens is 2. The summed E-state index contributed by atoms with van der Waals surface area (Å²) >= 11 is 0. The van der Waals surface area contributed by atoms with Gasteiger partial charge in [-0.3, -0.25) is 13.9 Å². The molecule has 0 saturated carbocycles. The number of methoxy groups -OCH3 is 1. The lowest BCUT2D eigenvalue weighted by Crippen LogP contribution is -2.35. The fourth-order valence-corrected chi connectivity index (χ4v) is 5.61. The molecule has 2 aromatic carbocycles. The Morgan fingerprint density at radius 2 is 1.66 bits per heavy atom. The first-order chi connectivity index (χ1) is 15.2. The Morgan fingerprint density at radius 3 is 2.34 bits per heavy atom. The highest BCUT2D eigenvalue weighted by Crippen LogP contribution is 2.27. The molecule has 1 aliphatic heterocycles. The number of rotatable bonds is 5. The van der Waals surface area contributed by atoms with Crippen molar-refractivity contribution in [3.8, 4) is 5.75 Å². The number of nitrogens with one attached hydrogen (secondary N) is 1. The van der Waals surface area contributed by atoms with Gasteiger partial charge >= 0.3 is 5.69 Å². The highest BCUT2D eigenvalue weighted by atomic mass is 32.2. The Bertz CT molecular complexity index is 1350. The predicted molar refractivity (Wildman–Crippen MR) is 122 cm³/mol. The normalized spacial score (nSPS) is 15.1. The van der Waals surface area contributed by atoms with Crippen molar-refractivity contribution in [2.24, 2.45) is 14.1 Å². The first-order valence-corrected chi connectivity index (χ1v) is 11.8. The van der Waals surface area contributed by atoms with E-state index in [0.29, 0.717) is 24.3 Å². The number of benzene rings is 2. The summed E-state index contributed by atoms with van der Waals surface area (Å²) in [5, 5.41) is 2.79. The molecule has 0 aliphatic carbocycles. The number of carbonyl (C=O) groups is 1. The van der Waals surface area contributed by atoms with E-state index in [9.17, 15) is 18.0 Å². The highest BCUT2D eigenvalue weighted by Gasteiger charge is 2.27. The van der Waals surface area contributed by atoms with E-state index in [1.807, 2.05) is 0 Å². The van der Waals surface area contributed by atoms with E-state index in [-0.39, 0.29) is 21.9 Å². The number of sulfonamides is 1. The van der Waals surface area contributed by atoms with Crippen LogP contribution < -0.4 is 15.7 Å². The monoisotopic (exact) mass is 458 g/mol. The van der Waals surface area contributed by atoms with Gasteiger partial charge in [-0.1, -0.05) is 6.42 Å². The molecule has 1 amide bonds. The van der Waals surface area contributed by atoms with Crippen molar-refractivity contribution in [1.29, 1.82) is 0 Å². The Hall–Kier alpha value is -3.11. The summed E-state index contributed by atoms with van der Waals surface area (Å²) in [6.45, 7) is 0.956. The lowest BCUT2D eigenvalue weighted by Gasteiger charge is -2.26. The molecule has 3 aromatic rings. The molecule has 2 heterocycles. The number of imidazole rings is 1. The van der Waals surface area contributed by atoms with E-state index in [4.69, 9.17) is 4.74 Å². The quantitative estimate of drug-likeness (QED) is 0.632. The van der Waals surface area contributed by atoms with Gasteiger partial charge < -0.3 is 10.1 Å². The SMILES string of the molecule is COc1ccc(S(=O)(=O)N2CCCCC2)cc1C(=O)Nc1ccc2c(c1)n(C)c(=O)n2C. The fourth-order valence-electron chi connectivity index (χ4n) is 4.06. The van der Waals surface area contributed by atoms with E-state index < -0.39 is 15.9 Å². The lowest BCUT2D eigenvalue weighted by atomic mass is 10.1. The van der Waals surface area contributed by atoms with Crippen molar-refractivity contribution in [1.82, 2.24) is 13.4 Å². The minimum Gasteiger partial charge on any atom is -0.496 e. The number of fused-ring (bicyclic) bond motifs is 1. The summed E-state index contributed by atoms with van der Waals surface area (Å²) in [6.07, 6.45) is 2.67. The first-order valence-electron chi connectivity index (χ1n) is 10.4. The Labute approximate surface area is 186 Å². The number of hydrogen-bond acceptors (Lipinski definition) is 5. The maximum atomic E-state index is 13.1. The van der Waals surface area contributed by atoms with Crippen LogP contribution in [0.15, 0.2) is 46.1 Å². The van der Waals surface area contributed by atoms with Gasteiger partial charge in [-0.25, -0.2) is 13.2 Å². The lowest BCUT2D eigenvalue weighted by molar-refractivity contribution is 0.102. The zero-order chi connectivity index (χ0) is 23.0. The zero-order valence-corrected chi connectivity index (χ0v) is 19.1. The molecule has 10 heteroatoms. The van der Waals surface area contributed by atoms with E-state index in [1.165, 1.54) is 38.7 Å². The largest absolute Gasteiger partial charge is 0.496 e. The molecule has 1 aliphatic rings. The van der Waals surface area contributed by atoms with Crippen molar-refractivity contribution in [3.63, 3.8) is 0 Å². The van der Waals surface area contributed by atoms with E-state index in [0.717, 1.165) is 24.8 Å². The zero-order valence-electron chi connectivity index (χ0n) is 18.3. The predicted octanol–water partition coefficient (Wildman–Crippen LogP) is 2.31. The Kier molecular flexibility index (Phi) is 5.83. The average molecular weight is 459 g/mol. The van der Waals surface area contributed by atoms with Crippen LogP contribution in [-0.2, 0) is 24.1 Å². The minimum absolute atomic E-state index is 0.0614. The molecule has 0 radical (unpaired) electrons. The summed E-state index contributed by atoms with van der Waals surface area (Å²) in [7, 11) is 1.08. The van der Waals surface area contributed by atoms with Gasteiger partial charge in [-0.15, -0.1) is 0 Å². The van der Waals surface area contributed by atoms with Crippen molar-refractivity contribution >= 4 is 32.7 Å². The van der Waals surface area contributed by atoms with Crippen LogP contribution >= 0.6 is 0 Å². The number of hydrogen-bond donors (Lipinski definition) is 1. The van der Waals surface area contributed by atoms with E-state index in [2.05, 4.69) is 5.32 Å². The molecule has 1 saturated heterocycles. The van der Waals surface area contributed by atoms with Crippen LogP contribution in [0.5, 0.6) is 5.75 Å². The fraction of sp³-hybridized carbons (Fsp3) is 0.364. The Balaban J connectivity index is 1.67. The molecule has 170 valence electrons. The number of amides is 1. The molecule has 1 N–H and O–H groups in total. The maximum absolute atomic E-state index is 13.1. The second-order valence-electron chi connectivity index (χ2n) is 7.89. The van der Waals surface area contributed by atoms with Crippen LogP contribution in [0.25, 0.3) is 11.0 Å². The Morgan fingerprint density at radius 1 is 0.969 bits per heavy atom. The van der Waals surface area contributed by atoms with Crippen molar-refractivity contribution in [3.05, 3.63) is 52.4 Å². The van der Waals surface area contributed by atoms with Gasteiger partial charge in [0.2, 0.25) is 10.0 Å². The topological polar surface area (TPSA) is 103 Å². The second-order valence-corrected chi connectivity index (χ2v) is 9.82. The van der Waals surface area contributed by atoms with Gasteiger partial charge in [0.1, 0.15) is 5.75 Å². The van der Waals surface area contributed by atoms with E-state index in [1.54, 1.807) is 32.3 Å². The maximum Gasteiger partial charge on any atom is 0.328 e. The van der Waals surface area contributed by atoms with Crippen molar-refractivity contribution < 1.29 is 17.9 Å². The van der Waals surface area contributed by atoms with Crippen LogP contribution in [0, 0.1) is 0 Å². The van der Waals surface area contributed by atoms with Gasteiger partial charge in [0.05, 0.1) is 28.6 Å². The van der Waals surface area contributed by atoms with Crippen LogP contribution in [0.4, 0.5) is 5.69 Å². The third-order valence-electron chi connectivity index (χ3n) is 5.90. The summed E-state index contributed by atoms with van der Waals surface area (Å²) in [6, 6.07) is 9.47. The average Bonchev–Trinajstić information content (AvgIpc) is 3.02. The number of carbonyl (C=O) groups excluding carboxylic acids is 1. The molecule has 4 rings (SSSR count). The van der Waals surface area contributed by atoms with Crippen molar-refractivity contribution in [2.45, 2.75) is 24.2 Å².